The molecule has 0 spiro atoms. The van der Waals surface area contributed by atoms with Gasteiger partial charge in [-0.15, -0.1) is 10.9 Å². The third-order valence-electron chi connectivity index (χ3n) is 6.15. The van der Waals surface area contributed by atoms with E-state index >= 15 is 0 Å². The zero-order chi connectivity index (χ0) is 38.6. The number of carbonyl (C=O) groups excluding carboxylic acids is 1. The van der Waals surface area contributed by atoms with Crippen LogP contribution in [0, 0.1) is 0 Å². The average molecular weight is 815 g/mol. The summed E-state index contributed by atoms with van der Waals surface area (Å²) in [5, 5.41) is 83.6. The van der Waals surface area contributed by atoms with Gasteiger partial charge in [-0.3, -0.25) is 9.79 Å². The number of sulfonamides is 2. The summed E-state index contributed by atoms with van der Waals surface area (Å²) in [6.07, 6.45) is 0. The number of para-hydroxylation sites is 2. The largest absolute Gasteiger partial charge is 3.00 e. The molecule has 0 aliphatic rings. The second kappa shape index (κ2) is 20.8. The van der Waals surface area contributed by atoms with Gasteiger partial charge in [-0.2, -0.15) is 15.3 Å². The maximum absolute atomic E-state index is 12.2. The first-order valence-electron chi connectivity index (χ1n) is 14.3. The number of nitrogens with one attached hydrogen (secondary N) is 1. The molecule has 4 aromatic carbocycles. The predicted molar refractivity (Wildman–Crippen MR) is 180 cm³/mol. The van der Waals surface area contributed by atoms with Gasteiger partial charge in [-0.05, 0) is 55.5 Å². The zero-order valence-electron chi connectivity index (χ0n) is 28.4. The first-order valence-corrected chi connectivity index (χ1v) is 17.4. The fourth-order valence-electron chi connectivity index (χ4n) is 3.64. The van der Waals surface area contributed by atoms with E-state index in [0.29, 0.717) is 11.4 Å². The topological polar surface area (TPSA) is 324 Å². The number of aliphatic hydroxyl groups excluding tert-OH is 1. The molecule has 0 unspecified atom stereocenters. The fourth-order valence-corrected chi connectivity index (χ4v) is 4.71. The second-order valence-corrected chi connectivity index (χ2v) is 13.3. The Morgan fingerprint density at radius 1 is 0.704 bits per heavy atom. The summed E-state index contributed by atoms with van der Waals surface area (Å²) >= 11 is 0. The second-order valence-electron chi connectivity index (χ2n) is 10.2. The van der Waals surface area contributed by atoms with Crippen molar-refractivity contribution in [3.05, 3.63) is 120 Å². The number of rotatable bonds is 10. The maximum Gasteiger partial charge on any atom is 3.00 e. The molecule has 0 atom stereocenters. The molecule has 278 valence electrons. The van der Waals surface area contributed by atoms with Crippen molar-refractivity contribution in [2.45, 2.75) is 23.6 Å². The summed E-state index contributed by atoms with van der Waals surface area (Å²) < 4.78 is 45.3. The van der Waals surface area contributed by atoms with Gasteiger partial charge in [0.2, 0.25) is 20.0 Å². The van der Waals surface area contributed by atoms with Crippen molar-refractivity contribution in [1.29, 1.82) is 0 Å². The van der Waals surface area contributed by atoms with Gasteiger partial charge in [-0.25, -0.2) is 27.1 Å². The average Bonchev–Trinajstić information content (AvgIpc) is 3.06. The molecule has 1 amide bonds. The van der Waals surface area contributed by atoms with Gasteiger partial charge in [0.05, 0.1) is 32.6 Å². The van der Waals surface area contributed by atoms with E-state index in [9.17, 15) is 47.2 Å². The normalized spacial score (nSPS) is 12.7. The number of anilines is 1. The summed E-state index contributed by atoms with van der Waals surface area (Å²) in [7, 11) is -8.09. The van der Waals surface area contributed by atoms with Crippen molar-refractivity contribution in [3.63, 3.8) is 0 Å². The number of hydrogen-bond donors (Lipinski definition) is 4. The molecule has 0 saturated heterocycles. The summed E-state index contributed by atoms with van der Waals surface area (Å²) in [5.41, 5.74) is -0.992. The van der Waals surface area contributed by atoms with E-state index in [2.05, 4.69) is 30.8 Å². The monoisotopic (exact) mass is 814 g/mol. The van der Waals surface area contributed by atoms with E-state index in [1.165, 1.54) is 6.92 Å². The Labute approximate surface area is 331 Å². The van der Waals surface area contributed by atoms with Gasteiger partial charge in [0.1, 0.15) is 5.76 Å². The Morgan fingerprint density at radius 2 is 1.13 bits per heavy atom. The molecule has 4 aromatic rings. The molecule has 6 N–H and O–H groups in total. The van der Waals surface area contributed by atoms with E-state index < -0.39 is 66.3 Å². The molecule has 0 fully saturated rings. The van der Waals surface area contributed by atoms with Gasteiger partial charge < -0.3 is 30.8 Å². The third-order valence-corrected chi connectivity index (χ3v) is 7.97. The van der Waals surface area contributed by atoms with Crippen LogP contribution in [0.15, 0.2) is 155 Å². The quantitative estimate of drug-likeness (QED) is 0.0382. The number of aliphatic hydroxyl groups is 1. The van der Waals surface area contributed by atoms with Crippen molar-refractivity contribution in [2.24, 2.45) is 35.7 Å². The number of primary sulfonamides is 2. The maximum atomic E-state index is 12.2. The number of benzene rings is 4. The number of nitrogens with two attached hydrogens (primary N) is 2. The van der Waals surface area contributed by atoms with Crippen molar-refractivity contribution in [1.82, 2.24) is 0 Å². The summed E-state index contributed by atoms with van der Waals surface area (Å²) in [5.74, 6) is -4.13. The van der Waals surface area contributed by atoms with Gasteiger partial charge in [0.15, 0.2) is 5.70 Å². The Balaban J connectivity index is 0.000000521. The van der Waals surface area contributed by atoms with Crippen molar-refractivity contribution >= 4 is 54.6 Å². The molecular weight excluding hydrogens is 786 g/mol. The van der Waals surface area contributed by atoms with Crippen molar-refractivity contribution in [2.75, 3.05) is 5.32 Å². The first-order chi connectivity index (χ1) is 24.4. The van der Waals surface area contributed by atoms with Crippen LogP contribution in [0.25, 0.3) is 0 Å². The van der Waals surface area contributed by atoms with Gasteiger partial charge >= 0.3 is 35.6 Å². The van der Waals surface area contributed by atoms with Crippen molar-refractivity contribution < 1.29 is 82.8 Å². The van der Waals surface area contributed by atoms with E-state index in [4.69, 9.17) is 10.3 Å². The van der Waals surface area contributed by atoms with Gasteiger partial charge in [-0.1, -0.05) is 67.0 Å². The summed E-state index contributed by atoms with van der Waals surface area (Å²) in [4.78, 5) is 15.3. The van der Waals surface area contributed by atoms with E-state index in [0.717, 1.165) is 43.3 Å². The molecule has 18 nitrogen and oxygen atoms in total. The molecule has 0 aliphatic heterocycles. The molecule has 4 rings (SSSR count). The van der Waals surface area contributed by atoms with E-state index in [-0.39, 0.29) is 56.8 Å². The molecule has 0 radical (unpaired) electrons. The van der Waals surface area contributed by atoms with Crippen LogP contribution in [0.5, 0.6) is 11.5 Å². The van der Waals surface area contributed by atoms with E-state index in [1.807, 2.05) is 0 Å². The standard InChI is InChI=1S/2C16H16N4O5S.Co.Li/c2*1-10(21)15(16(23)18-11-5-3-2-4-6-11)20-19-13-9-12(26(17,24)25)7-8-14(13)22;;/h2*2-9,21-22H,1H3,(H,18,23)(H2,17,24,25);;/q;;+3;+1/p-4. The molecule has 0 saturated carbocycles. The molecule has 0 bridgehead atoms. The first kappa shape index (κ1) is 46.6. The fraction of sp³-hybridized carbons (Fsp3) is 0.0625. The van der Waals surface area contributed by atoms with Crippen LogP contribution in [-0.2, 0) is 41.6 Å². The third kappa shape index (κ3) is 14.2. The smallest absolute Gasteiger partial charge is 0.874 e. The van der Waals surface area contributed by atoms with Crippen LogP contribution in [-0.4, -0.2) is 33.7 Å². The number of allylic oxidation sites excluding steroid dienone is 2. The van der Waals surface area contributed by atoms with Crippen molar-refractivity contribution in [3.8, 4) is 11.5 Å². The van der Waals surface area contributed by atoms with Crippen LogP contribution in [0.1, 0.15) is 13.8 Å². The molecule has 54 heavy (non-hydrogen) atoms. The molecule has 0 aromatic heterocycles. The Morgan fingerprint density at radius 3 is 1.54 bits per heavy atom. The summed E-state index contributed by atoms with van der Waals surface area (Å²) in [6.45, 7) is 2.31. The number of nitrogens with zero attached hydrogens (tertiary/aromatic N) is 5. The predicted octanol–water partition coefficient (Wildman–Crippen LogP) is -0.905. The zero-order valence-corrected chi connectivity index (χ0v) is 31.1. The minimum absolute atomic E-state index is 0. The molecule has 0 aliphatic carbocycles. The van der Waals surface area contributed by atoms with Crippen LogP contribution in [0.3, 0.4) is 0 Å². The van der Waals surface area contributed by atoms with Crippen LogP contribution in [0.2, 0.25) is 0 Å². The van der Waals surface area contributed by atoms with Crippen LogP contribution < -0.4 is 54.9 Å². The minimum Gasteiger partial charge on any atom is -0.874 e. The Hall–Kier alpha value is -5.38. The number of hydrogen-bond acceptors (Lipinski definition) is 15. The molecule has 22 heteroatoms. The van der Waals surface area contributed by atoms with Crippen LogP contribution >= 0.6 is 0 Å². The van der Waals surface area contributed by atoms with Gasteiger partial charge in [0.25, 0.3) is 5.91 Å². The number of aliphatic imine (C=N–C) groups is 1. The number of azo groups is 2. The molecule has 0 heterocycles. The SMILES string of the molecule is CC(O)=C(N=Nc1cc(S(N)(=O)=O)ccc1[O-])C(=O)Nc1ccccc1.CC([O-])=C(N=Nc1cc(S(N)(=O)=O)ccc1[O-])C([O-])=Nc1ccccc1.[Co+3].[Li+]. The van der Waals surface area contributed by atoms with Gasteiger partial charge in [0, 0.05) is 11.6 Å². The number of amides is 1. The minimum atomic E-state index is -4.05. The summed E-state index contributed by atoms with van der Waals surface area (Å²) in [6, 6.07) is 22.4. The van der Waals surface area contributed by atoms with Crippen LogP contribution in [0.4, 0.5) is 22.7 Å². The molecular formula is C32H28CoLiN8O10S2. The van der Waals surface area contributed by atoms with E-state index in [1.54, 1.807) is 60.7 Å². The Bertz CT molecular complexity index is 2320. The Kier molecular flexibility index (Phi) is 17.9. The number of carbonyl (C=O) groups is 1.